The van der Waals surface area contributed by atoms with Gasteiger partial charge >= 0.3 is 0 Å². The summed E-state index contributed by atoms with van der Waals surface area (Å²) in [5.41, 5.74) is 4.80. The van der Waals surface area contributed by atoms with Gasteiger partial charge in [-0.3, -0.25) is 9.69 Å². The Hall–Kier alpha value is -2.71. The number of benzene rings is 2. The van der Waals surface area contributed by atoms with Gasteiger partial charge in [0.05, 0.1) is 18.2 Å². The van der Waals surface area contributed by atoms with Crippen LogP contribution in [0, 0.1) is 37.9 Å². The van der Waals surface area contributed by atoms with Crippen molar-refractivity contribution in [3.05, 3.63) is 64.0 Å². The van der Waals surface area contributed by atoms with Crippen LogP contribution in [0.2, 0.25) is 0 Å². The van der Waals surface area contributed by atoms with Gasteiger partial charge < -0.3 is 5.32 Å². The maximum Gasteiger partial charge on any atom is 0.238 e. The van der Waals surface area contributed by atoms with Crippen LogP contribution in [-0.2, 0) is 11.3 Å². The number of anilines is 1. The fourth-order valence-electron chi connectivity index (χ4n) is 2.91. The molecule has 2 aromatic carbocycles. The second-order valence-electron chi connectivity index (χ2n) is 6.41. The molecule has 0 spiro atoms. The summed E-state index contributed by atoms with van der Waals surface area (Å²) in [4.78, 5) is 14.0. The van der Waals surface area contributed by atoms with Gasteiger partial charge in [0.2, 0.25) is 5.91 Å². The Labute approximate surface area is 147 Å². The summed E-state index contributed by atoms with van der Waals surface area (Å²) in [5.74, 6) is -0.536. The van der Waals surface area contributed by atoms with Crippen molar-refractivity contribution in [1.29, 1.82) is 5.26 Å². The first kappa shape index (κ1) is 18.6. The van der Waals surface area contributed by atoms with Crippen LogP contribution in [0.3, 0.4) is 0 Å². The van der Waals surface area contributed by atoms with Crippen LogP contribution in [0.1, 0.15) is 27.8 Å². The highest BCUT2D eigenvalue weighted by molar-refractivity contribution is 5.93. The van der Waals surface area contributed by atoms with Crippen LogP contribution < -0.4 is 5.32 Å². The minimum absolute atomic E-state index is 0.128. The molecule has 4 nitrogen and oxygen atoms in total. The van der Waals surface area contributed by atoms with E-state index < -0.39 is 0 Å². The van der Waals surface area contributed by atoms with E-state index in [4.69, 9.17) is 5.26 Å². The van der Waals surface area contributed by atoms with Gasteiger partial charge in [0.15, 0.2) is 0 Å². The average Bonchev–Trinajstić information content (AvgIpc) is 2.53. The highest BCUT2D eigenvalue weighted by Crippen LogP contribution is 2.22. The first-order chi connectivity index (χ1) is 11.8. The van der Waals surface area contributed by atoms with Gasteiger partial charge in [0, 0.05) is 17.8 Å². The lowest BCUT2D eigenvalue weighted by molar-refractivity contribution is -0.117. The lowest BCUT2D eigenvalue weighted by Gasteiger charge is -2.18. The number of amides is 1. The fraction of sp³-hybridized carbons (Fsp3) is 0.300. The van der Waals surface area contributed by atoms with Crippen molar-refractivity contribution in [2.75, 3.05) is 18.9 Å². The zero-order chi connectivity index (χ0) is 18.6. The van der Waals surface area contributed by atoms with Crippen molar-refractivity contribution in [2.24, 2.45) is 0 Å². The molecule has 0 aliphatic heterocycles. The van der Waals surface area contributed by atoms with E-state index >= 15 is 0 Å². The van der Waals surface area contributed by atoms with Crippen molar-refractivity contribution < 1.29 is 9.18 Å². The van der Waals surface area contributed by atoms with Gasteiger partial charge in [-0.05, 0) is 57.1 Å². The maximum absolute atomic E-state index is 13.9. The first-order valence-corrected chi connectivity index (χ1v) is 8.05. The summed E-state index contributed by atoms with van der Waals surface area (Å²) in [6, 6.07) is 10.3. The molecule has 0 aliphatic carbocycles. The molecule has 5 heteroatoms. The molecule has 0 fully saturated rings. The lowest BCUT2D eigenvalue weighted by atomic mass is 10.1. The summed E-state index contributed by atoms with van der Waals surface area (Å²) in [6.07, 6.45) is 0. The smallest absolute Gasteiger partial charge is 0.238 e. The number of hydrogen-bond acceptors (Lipinski definition) is 3. The highest BCUT2D eigenvalue weighted by atomic mass is 19.1. The zero-order valence-corrected chi connectivity index (χ0v) is 15.0. The second-order valence-corrected chi connectivity index (χ2v) is 6.41. The molecule has 0 unspecified atom stereocenters. The molecule has 0 bridgehead atoms. The van der Waals surface area contributed by atoms with Crippen LogP contribution in [0.5, 0.6) is 0 Å². The van der Waals surface area contributed by atoms with Gasteiger partial charge in [0.25, 0.3) is 0 Å². The molecule has 1 amide bonds. The van der Waals surface area contributed by atoms with E-state index in [0.717, 1.165) is 22.4 Å². The number of rotatable bonds is 5. The number of carbonyl (C=O) groups is 1. The average molecular weight is 339 g/mol. The fourth-order valence-corrected chi connectivity index (χ4v) is 2.91. The zero-order valence-electron chi connectivity index (χ0n) is 15.0. The number of nitriles is 1. The summed E-state index contributed by atoms with van der Waals surface area (Å²) >= 11 is 0. The minimum atomic E-state index is -0.378. The standard InChI is InChI=1S/C20H22FN3O/c1-13-7-14(2)20(15(3)8-13)23-19(25)12-24(4)11-17-9-16(10-22)5-6-18(17)21/h5-9H,11-12H2,1-4H3,(H,23,25). The van der Waals surface area contributed by atoms with E-state index in [1.165, 1.54) is 18.2 Å². The normalized spacial score (nSPS) is 10.6. The van der Waals surface area contributed by atoms with Crippen molar-refractivity contribution >= 4 is 11.6 Å². The topological polar surface area (TPSA) is 56.1 Å². The molecule has 0 aliphatic rings. The van der Waals surface area contributed by atoms with E-state index in [0.29, 0.717) is 11.1 Å². The maximum atomic E-state index is 13.9. The SMILES string of the molecule is Cc1cc(C)c(NC(=O)CN(C)Cc2cc(C#N)ccc2F)c(C)c1. The van der Waals surface area contributed by atoms with Gasteiger partial charge in [-0.15, -0.1) is 0 Å². The summed E-state index contributed by atoms with van der Waals surface area (Å²) in [7, 11) is 1.74. The third-order valence-electron chi connectivity index (χ3n) is 3.97. The van der Waals surface area contributed by atoms with Crippen molar-refractivity contribution in [3.63, 3.8) is 0 Å². The molecule has 1 N–H and O–H groups in total. The number of likely N-dealkylation sites (N-methyl/N-ethyl adjacent to an activating group) is 1. The van der Waals surface area contributed by atoms with E-state index in [1.807, 2.05) is 39.0 Å². The Morgan fingerprint density at radius 2 is 1.84 bits per heavy atom. The van der Waals surface area contributed by atoms with Gasteiger partial charge in [-0.25, -0.2) is 4.39 Å². The van der Waals surface area contributed by atoms with Crippen LogP contribution in [0.4, 0.5) is 10.1 Å². The number of halogens is 1. The van der Waals surface area contributed by atoms with Crippen molar-refractivity contribution in [1.82, 2.24) is 4.90 Å². The van der Waals surface area contributed by atoms with E-state index in [2.05, 4.69) is 5.32 Å². The lowest BCUT2D eigenvalue weighted by Crippen LogP contribution is -2.30. The van der Waals surface area contributed by atoms with E-state index in [1.54, 1.807) is 11.9 Å². The van der Waals surface area contributed by atoms with E-state index in [9.17, 15) is 9.18 Å². The third kappa shape index (κ3) is 4.88. The molecule has 130 valence electrons. The largest absolute Gasteiger partial charge is 0.324 e. The number of aryl methyl sites for hydroxylation is 3. The number of nitrogens with zero attached hydrogens (tertiary/aromatic N) is 2. The van der Waals surface area contributed by atoms with Crippen molar-refractivity contribution in [2.45, 2.75) is 27.3 Å². The Kier molecular flexibility index (Phi) is 5.89. The van der Waals surface area contributed by atoms with Gasteiger partial charge in [-0.2, -0.15) is 5.26 Å². The minimum Gasteiger partial charge on any atom is -0.324 e. The molecule has 0 radical (unpaired) electrons. The molecule has 0 saturated carbocycles. The molecular weight excluding hydrogens is 317 g/mol. The van der Waals surface area contributed by atoms with E-state index in [-0.39, 0.29) is 24.8 Å². The van der Waals surface area contributed by atoms with Crippen LogP contribution in [0.25, 0.3) is 0 Å². The van der Waals surface area contributed by atoms with Crippen molar-refractivity contribution in [3.8, 4) is 6.07 Å². The summed E-state index contributed by atoms with van der Waals surface area (Å²) < 4.78 is 13.9. The Morgan fingerprint density at radius 1 is 1.20 bits per heavy atom. The number of carbonyl (C=O) groups excluding carboxylic acids is 1. The molecule has 0 saturated heterocycles. The predicted molar refractivity (Wildman–Crippen MR) is 96.7 cm³/mol. The Bertz CT molecular complexity index is 816. The number of hydrogen-bond donors (Lipinski definition) is 1. The quantitative estimate of drug-likeness (QED) is 0.904. The van der Waals surface area contributed by atoms with Crippen LogP contribution in [0.15, 0.2) is 30.3 Å². The second kappa shape index (κ2) is 7.91. The molecule has 0 atom stereocenters. The van der Waals surface area contributed by atoms with Gasteiger partial charge in [0.1, 0.15) is 5.82 Å². The Balaban J connectivity index is 2.03. The molecule has 0 aromatic heterocycles. The first-order valence-electron chi connectivity index (χ1n) is 8.05. The molecule has 25 heavy (non-hydrogen) atoms. The highest BCUT2D eigenvalue weighted by Gasteiger charge is 2.13. The Morgan fingerprint density at radius 3 is 2.44 bits per heavy atom. The third-order valence-corrected chi connectivity index (χ3v) is 3.97. The van der Waals surface area contributed by atoms with Crippen LogP contribution in [-0.4, -0.2) is 24.4 Å². The molecule has 2 rings (SSSR count). The molecular formula is C20H22FN3O. The summed E-state index contributed by atoms with van der Waals surface area (Å²) in [5, 5.41) is 11.9. The van der Waals surface area contributed by atoms with Gasteiger partial charge in [-0.1, -0.05) is 17.7 Å². The van der Waals surface area contributed by atoms with Crippen LogP contribution >= 0.6 is 0 Å². The molecule has 0 heterocycles. The monoisotopic (exact) mass is 339 g/mol. The summed E-state index contributed by atoms with van der Waals surface area (Å²) in [6.45, 7) is 6.32. The number of nitrogens with one attached hydrogen (secondary N) is 1. The molecule has 2 aromatic rings. The predicted octanol–water partition coefficient (Wildman–Crippen LogP) is 3.69.